The van der Waals surface area contributed by atoms with Gasteiger partial charge in [0.05, 0.1) is 0 Å². The molecule has 0 aliphatic heterocycles. The van der Waals surface area contributed by atoms with Crippen molar-refractivity contribution in [3.63, 3.8) is 0 Å². The zero-order valence-corrected chi connectivity index (χ0v) is 31.5. The summed E-state index contributed by atoms with van der Waals surface area (Å²) in [5, 5.41) is 21.2. The highest BCUT2D eigenvalue weighted by atomic mass is 14.3. The maximum Gasteiger partial charge on any atom is -0.000719 e. The van der Waals surface area contributed by atoms with Crippen LogP contribution >= 0.6 is 0 Å². The Labute approximate surface area is 334 Å². The summed E-state index contributed by atoms with van der Waals surface area (Å²) in [7, 11) is 0. The summed E-state index contributed by atoms with van der Waals surface area (Å²) in [5.41, 5.74) is 13.0. The summed E-state index contributed by atoms with van der Waals surface area (Å²) in [5.74, 6) is 0. The van der Waals surface area contributed by atoms with Gasteiger partial charge in [0.25, 0.3) is 0 Å². The molecule has 264 valence electrons. The first-order chi connectivity index (χ1) is 28.8. The van der Waals surface area contributed by atoms with Gasteiger partial charge in [0.15, 0.2) is 0 Å². The number of hydrogen-bond donors (Lipinski definition) is 0. The Bertz CT molecular complexity index is 3840. The SMILES string of the molecule is c1ccc(-c2c3cc4c5ccccc5c5cccc(c3c(-c3ccccc3)c3c6cccc7c(-c8ccc9c%10c(cccc8%10)-c8ccccc8-9)ccc(c23)c76)c54)cc1. The van der Waals surface area contributed by atoms with E-state index in [4.69, 9.17) is 0 Å². The maximum atomic E-state index is 2.53. The largest absolute Gasteiger partial charge is 0.0622 e. The monoisotopic (exact) mass is 728 g/mol. The molecule has 0 saturated carbocycles. The molecule has 0 bridgehead atoms. The number of benzene rings is 11. The predicted octanol–water partition coefficient (Wildman–Crippen LogP) is 16.4. The van der Waals surface area contributed by atoms with E-state index >= 15 is 0 Å². The van der Waals surface area contributed by atoms with Crippen LogP contribution in [0.15, 0.2) is 194 Å². The van der Waals surface area contributed by atoms with Gasteiger partial charge in [-0.1, -0.05) is 188 Å². The van der Waals surface area contributed by atoms with Crippen molar-refractivity contribution in [2.24, 2.45) is 0 Å². The molecule has 0 aromatic heterocycles. The average Bonchev–Trinajstić information content (AvgIpc) is 3.92. The Morgan fingerprint density at radius 3 is 1.33 bits per heavy atom. The van der Waals surface area contributed by atoms with Gasteiger partial charge < -0.3 is 0 Å². The van der Waals surface area contributed by atoms with Crippen molar-refractivity contribution in [2.45, 2.75) is 0 Å². The molecule has 0 fully saturated rings. The van der Waals surface area contributed by atoms with Crippen LogP contribution in [0, 0.1) is 0 Å². The van der Waals surface area contributed by atoms with Gasteiger partial charge in [-0.25, -0.2) is 0 Å². The zero-order valence-electron chi connectivity index (χ0n) is 31.5. The van der Waals surface area contributed by atoms with Crippen LogP contribution in [0.2, 0.25) is 0 Å². The second kappa shape index (κ2) is 11.1. The molecule has 0 heteroatoms. The van der Waals surface area contributed by atoms with Crippen LogP contribution in [0.3, 0.4) is 0 Å². The summed E-state index contributed by atoms with van der Waals surface area (Å²) in [6.45, 7) is 0. The molecule has 13 aromatic rings. The summed E-state index contributed by atoms with van der Waals surface area (Å²) >= 11 is 0. The van der Waals surface area contributed by atoms with Crippen molar-refractivity contribution < 1.29 is 0 Å². The third-order valence-electron chi connectivity index (χ3n) is 13.5. The second-order valence-corrected chi connectivity index (χ2v) is 16.2. The number of fused-ring (bicyclic) bond motifs is 11. The fraction of sp³-hybridized carbons (Fsp3) is 0. The molecule has 58 heavy (non-hydrogen) atoms. The lowest BCUT2D eigenvalue weighted by Crippen LogP contribution is -1.91. The van der Waals surface area contributed by atoms with Crippen LogP contribution in [0.1, 0.15) is 0 Å². The Hall–Kier alpha value is -7.54. The topological polar surface area (TPSA) is 0 Å². The molecular formula is C58H32. The highest BCUT2D eigenvalue weighted by Gasteiger charge is 2.28. The van der Waals surface area contributed by atoms with Crippen molar-refractivity contribution in [3.8, 4) is 55.6 Å². The molecule has 1 aliphatic carbocycles. The molecular weight excluding hydrogens is 697 g/mol. The minimum atomic E-state index is 1.24. The van der Waals surface area contributed by atoms with Crippen molar-refractivity contribution in [1.29, 1.82) is 0 Å². The van der Waals surface area contributed by atoms with Gasteiger partial charge in [-0.2, -0.15) is 0 Å². The predicted molar refractivity (Wildman–Crippen MR) is 250 cm³/mol. The van der Waals surface area contributed by atoms with E-state index in [0.29, 0.717) is 0 Å². The van der Waals surface area contributed by atoms with Crippen molar-refractivity contribution in [3.05, 3.63) is 194 Å². The van der Waals surface area contributed by atoms with Gasteiger partial charge in [-0.05, 0) is 148 Å². The Morgan fingerprint density at radius 1 is 0.172 bits per heavy atom. The van der Waals surface area contributed by atoms with Crippen LogP contribution in [-0.2, 0) is 0 Å². The van der Waals surface area contributed by atoms with Crippen LogP contribution in [0.4, 0.5) is 0 Å². The van der Waals surface area contributed by atoms with Gasteiger partial charge in [0.1, 0.15) is 0 Å². The third kappa shape index (κ3) is 3.76. The molecule has 0 saturated heterocycles. The third-order valence-corrected chi connectivity index (χ3v) is 13.5. The van der Waals surface area contributed by atoms with E-state index in [-0.39, 0.29) is 0 Å². The van der Waals surface area contributed by atoms with E-state index in [1.54, 1.807) is 0 Å². The van der Waals surface area contributed by atoms with Crippen LogP contribution in [0.5, 0.6) is 0 Å². The summed E-state index contributed by atoms with van der Waals surface area (Å²) < 4.78 is 0. The number of rotatable bonds is 3. The Kier molecular flexibility index (Phi) is 5.85. The summed E-state index contributed by atoms with van der Waals surface area (Å²) in [4.78, 5) is 0. The smallest absolute Gasteiger partial charge is 0.000719 e. The van der Waals surface area contributed by atoms with E-state index in [0.717, 1.165) is 0 Å². The van der Waals surface area contributed by atoms with Crippen LogP contribution < -0.4 is 0 Å². The van der Waals surface area contributed by atoms with Gasteiger partial charge >= 0.3 is 0 Å². The number of hydrogen-bond acceptors (Lipinski definition) is 0. The molecule has 14 rings (SSSR count). The molecule has 0 heterocycles. The highest BCUT2D eigenvalue weighted by molar-refractivity contribution is 6.45. The molecule has 0 radical (unpaired) electrons. The summed E-state index contributed by atoms with van der Waals surface area (Å²) in [6, 6.07) is 73.1. The first-order valence-corrected chi connectivity index (χ1v) is 20.4. The first-order valence-electron chi connectivity index (χ1n) is 20.4. The van der Waals surface area contributed by atoms with Crippen molar-refractivity contribution in [1.82, 2.24) is 0 Å². The van der Waals surface area contributed by atoms with E-state index in [9.17, 15) is 0 Å². The minimum Gasteiger partial charge on any atom is -0.0622 e. The first kappa shape index (κ1) is 30.7. The van der Waals surface area contributed by atoms with E-state index in [1.807, 2.05) is 0 Å². The standard InChI is InChI=1S/C58H32/c1-3-14-33(15-4-1)51-50-32-49-38-21-10-9-20-37(38)42-24-12-26-46(55(42)49)56(50)52(34-16-5-2-6-17-34)58-47-27-13-25-44-40(29-31-48(54(44)47)57(51)58)39-28-30-45-36-19-8-7-18-35(36)41-22-11-23-43(39)53(41)45/h1-32H. The van der Waals surface area contributed by atoms with Crippen LogP contribution in [-0.4, -0.2) is 0 Å². The van der Waals surface area contributed by atoms with E-state index in [2.05, 4.69) is 194 Å². The van der Waals surface area contributed by atoms with Gasteiger partial charge in [0, 0.05) is 0 Å². The zero-order chi connectivity index (χ0) is 37.6. The van der Waals surface area contributed by atoms with Crippen LogP contribution in [0.25, 0.3) is 142 Å². The molecule has 0 amide bonds. The lowest BCUT2D eigenvalue weighted by Gasteiger charge is -2.19. The quantitative estimate of drug-likeness (QED) is 0.159. The van der Waals surface area contributed by atoms with Crippen molar-refractivity contribution >= 4 is 86.2 Å². The lowest BCUT2D eigenvalue weighted by molar-refractivity contribution is 1.68. The molecule has 13 aromatic carbocycles. The van der Waals surface area contributed by atoms with Crippen molar-refractivity contribution in [2.75, 3.05) is 0 Å². The highest BCUT2D eigenvalue weighted by Crippen LogP contribution is 2.56. The minimum absolute atomic E-state index is 1.24. The fourth-order valence-electron chi connectivity index (χ4n) is 11.3. The van der Waals surface area contributed by atoms with Gasteiger partial charge in [0.2, 0.25) is 0 Å². The molecule has 0 unspecified atom stereocenters. The molecule has 0 nitrogen and oxygen atoms in total. The fourth-order valence-corrected chi connectivity index (χ4v) is 11.3. The second-order valence-electron chi connectivity index (χ2n) is 16.2. The van der Waals surface area contributed by atoms with E-state index in [1.165, 1.54) is 142 Å². The van der Waals surface area contributed by atoms with Gasteiger partial charge in [-0.3, -0.25) is 0 Å². The lowest BCUT2D eigenvalue weighted by atomic mass is 9.84. The average molecular weight is 729 g/mol. The molecule has 0 spiro atoms. The Balaban J connectivity index is 1.20. The molecule has 1 aliphatic rings. The van der Waals surface area contributed by atoms with Gasteiger partial charge in [-0.15, -0.1) is 0 Å². The van der Waals surface area contributed by atoms with E-state index < -0.39 is 0 Å². The Morgan fingerprint density at radius 2 is 0.603 bits per heavy atom. The normalized spacial score (nSPS) is 12.5. The molecule has 0 N–H and O–H groups in total. The molecule has 0 atom stereocenters. The summed E-state index contributed by atoms with van der Waals surface area (Å²) in [6.07, 6.45) is 0. The maximum absolute atomic E-state index is 2.53.